The molecule has 1 aliphatic heterocycles. The van der Waals surface area contributed by atoms with Crippen LogP contribution in [0.1, 0.15) is 12.8 Å². The van der Waals surface area contributed by atoms with Crippen LogP contribution in [0, 0.1) is 0 Å². The van der Waals surface area contributed by atoms with Crippen molar-refractivity contribution in [3.05, 3.63) is 30.3 Å². The van der Waals surface area contributed by atoms with Crippen LogP contribution in [0.25, 0.3) is 0 Å². The van der Waals surface area contributed by atoms with Gasteiger partial charge in [0.1, 0.15) is 0 Å². The third kappa shape index (κ3) is 3.44. The van der Waals surface area contributed by atoms with Gasteiger partial charge in [-0.25, -0.2) is 0 Å². The Morgan fingerprint density at radius 2 is 2.00 bits per heavy atom. The molecule has 0 bridgehead atoms. The first-order chi connectivity index (χ1) is 7.18. The molecule has 1 atom stereocenters. The Labute approximate surface area is 107 Å². The molecule has 0 saturated carbocycles. The Morgan fingerprint density at radius 1 is 1.27 bits per heavy atom. The first kappa shape index (κ1) is 12.4. The topological polar surface area (TPSA) is 9.23 Å². The van der Waals surface area contributed by atoms with E-state index in [1.165, 1.54) is 16.5 Å². The van der Waals surface area contributed by atoms with Crippen LogP contribution in [-0.4, -0.2) is 26.5 Å². The Kier molecular flexibility index (Phi) is 4.55. The third-order valence-corrected chi connectivity index (χ3v) is 16.1. The number of rotatable bonds is 3. The van der Waals surface area contributed by atoms with E-state index in [-0.39, 0.29) is 0 Å². The fourth-order valence-corrected chi connectivity index (χ4v) is 12.8. The second kappa shape index (κ2) is 5.51. The number of benzene rings is 1. The molecule has 2 rings (SSSR count). The van der Waals surface area contributed by atoms with E-state index in [1.54, 1.807) is 0 Å². The van der Waals surface area contributed by atoms with Gasteiger partial charge in [-0.15, -0.1) is 0 Å². The molecule has 0 radical (unpaired) electrons. The summed E-state index contributed by atoms with van der Waals surface area (Å²) in [5.41, 5.74) is 0. The molecule has 1 aromatic rings. The number of hydrogen-bond acceptors (Lipinski definition) is 1. The van der Waals surface area contributed by atoms with Gasteiger partial charge in [-0.1, -0.05) is 0 Å². The van der Waals surface area contributed by atoms with Gasteiger partial charge in [-0.3, -0.25) is 0 Å². The van der Waals surface area contributed by atoms with E-state index >= 15 is 0 Å². The van der Waals surface area contributed by atoms with Crippen LogP contribution in [0.5, 0.6) is 0 Å². The Hall–Kier alpha value is 0.930. The maximum absolute atomic E-state index is 5.70. The van der Waals surface area contributed by atoms with Crippen LogP contribution in [-0.2, 0) is 4.74 Å². The third-order valence-electron chi connectivity index (χ3n) is 2.51. The molecule has 1 aromatic carbocycles. The van der Waals surface area contributed by atoms with Crippen LogP contribution in [0.4, 0.5) is 0 Å². The van der Waals surface area contributed by atoms with Gasteiger partial charge in [-0.2, -0.15) is 0 Å². The van der Waals surface area contributed by atoms with Crippen molar-refractivity contribution < 1.29 is 4.74 Å². The van der Waals surface area contributed by atoms with Gasteiger partial charge in [0.25, 0.3) is 0 Å². The fourth-order valence-electron chi connectivity index (χ4n) is 1.73. The van der Waals surface area contributed by atoms with E-state index in [4.69, 9.17) is 4.74 Å². The van der Waals surface area contributed by atoms with E-state index < -0.39 is 13.8 Å². The van der Waals surface area contributed by atoms with Gasteiger partial charge in [0.15, 0.2) is 0 Å². The summed E-state index contributed by atoms with van der Waals surface area (Å²) in [5, 5.41) is 0. The summed E-state index contributed by atoms with van der Waals surface area (Å²) in [6, 6.07) is 10.7. The molecule has 0 spiro atoms. The van der Waals surface area contributed by atoms with Gasteiger partial charge in [0.05, 0.1) is 0 Å². The van der Waals surface area contributed by atoms with Gasteiger partial charge in [-0.05, 0) is 0 Å². The number of hydrogen-bond donors (Lipinski definition) is 0. The predicted octanol–water partition coefficient (Wildman–Crippen LogP) is 3.30. The zero-order valence-corrected chi connectivity index (χ0v) is 13.9. The van der Waals surface area contributed by atoms with Crippen molar-refractivity contribution in [2.75, 3.05) is 6.61 Å². The van der Waals surface area contributed by atoms with Crippen molar-refractivity contribution >= 4 is 42.9 Å². The summed E-state index contributed by atoms with van der Waals surface area (Å²) in [6.45, 7) is 0.943. The van der Waals surface area contributed by atoms with Crippen molar-refractivity contribution in [1.82, 2.24) is 0 Å². The molecule has 0 amide bonds. The summed E-state index contributed by atoms with van der Waals surface area (Å²) in [7, 11) is 0. The molecule has 0 N–H and O–H groups in total. The van der Waals surface area contributed by atoms with Crippen molar-refractivity contribution in [2.24, 2.45) is 0 Å². The summed E-state index contributed by atoms with van der Waals surface area (Å²) in [4.78, 5) is 0. The molecule has 1 saturated heterocycles. The second-order valence-electron chi connectivity index (χ2n) is 3.69. The standard InChI is InChI=1S/C11H14Br2OTe/c12-15(13,9-10-5-4-8-14-10)11-6-2-1-3-7-11/h1-3,6-7,10H,4-5,8-9H2/t10-/m1/s1. The SMILES string of the molecule is Br[Te](Br)(C[C@H]1CCCO1)c1ccccc1. The number of ether oxygens (including phenoxy) is 1. The number of halogens is 2. The van der Waals surface area contributed by atoms with Crippen molar-refractivity contribution in [3.8, 4) is 0 Å². The quantitative estimate of drug-likeness (QED) is 0.644. The normalized spacial score (nSPS) is 22.9. The molecule has 1 heterocycles. The molecule has 84 valence electrons. The Morgan fingerprint density at radius 3 is 2.60 bits per heavy atom. The minimum atomic E-state index is -2.20. The summed E-state index contributed by atoms with van der Waals surface area (Å²) >= 11 is 5.66. The zero-order chi connectivity index (χ0) is 10.7. The molecule has 1 fully saturated rings. The van der Waals surface area contributed by atoms with Crippen LogP contribution in [0.15, 0.2) is 30.3 Å². The first-order valence-electron chi connectivity index (χ1n) is 5.05. The zero-order valence-electron chi connectivity index (χ0n) is 8.36. The molecule has 1 nitrogen and oxygen atoms in total. The second-order valence-corrected chi connectivity index (χ2v) is 29.9. The monoisotopic (exact) mass is 450 g/mol. The van der Waals surface area contributed by atoms with Crippen molar-refractivity contribution in [3.63, 3.8) is 0 Å². The van der Waals surface area contributed by atoms with Crippen LogP contribution in [0.2, 0.25) is 4.47 Å². The van der Waals surface area contributed by atoms with E-state index in [0.29, 0.717) is 6.10 Å². The molecule has 0 unspecified atom stereocenters. The van der Waals surface area contributed by atoms with E-state index in [1.807, 2.05) is 0 Å². The van der Waals surface area contributed by atoms with Crippen molar-refractivity contribution in [2.45, 2.75) is 23.4 Å². The molecule has 15 heavy (non-hydrogen) atoms. The van der Waals surface area contributed by atoms with E-state index in [9.17, 15) is 0 Å². The average Bonchev–Trinajstić information content (AvgIpc) is 2.71. The van der Waals surface area contributed by atoms with Gasteiger partial charge >= 0.3 is 108 Å². The fraction of sp³-hybridized carbons (Fsp3) is 0.455. The summed E-state index contributed by atoms with van der Waals surface area (Å²) in [6.07, 6.45) is 2.90. The molecule has 0 aliphatic carbocycles. The molecule has 1 aliphatic rings. The molecular formula is C11H14Br2OTe. The van der Waals surface area contributed by atoms with Crippen LogP contribution >= 0.6 is 25.5 Å². The van der Waals surface area contributed by atoms with Crippen LogP contribution in [0.3, 0.4) is 0 Å². The minimum absolute atomic E-state index is 0.463. The molecular weight excluding hydrogens is 436 g/mol. The molecule has 4 heteroatoms. The maximum atomic E-state index is 5.70. The van der Waals surface area contributed by atoms with Crippen LogP contribution < -0.4 is 3.61 Å². The Balaban J connectivity index is 2.05. The summed E-state index contributed by atoms with van der Waals surface area (Å²) in [5.74, 6) is 0. The van der Waals surface area contributed by atoms with E-state index in [0.717, 1.165) is 11.1 Å². The van der Waals surface area contributed by atoms with Crippen molar-refractivity contribution in [1.29, 1.82) is 0 Å². The van der Waals surface area contributed by atoms with E-state index in [2.05, 4.69) is 55.8 Å². The average molecular weight is 450 g/mol. The predicted molar refractivity (Wildman–Crippen MR) is 73.5 cm³/mol. The Bertz CT molecular complexity index is 310. The van der Waals surface area contributed by atoms with Gasteiger partial charge in [0.2, 0.25) is 0 Å². The van der Waals surface area contributed by atoms with Gasteiger partial charge in [0, 0.05) is 0 Å². The first-order valence-corrected chi connectivity index (χ1v) is 18.3. The summed E-state index contributed by atoms with van der Waals surface area (Å²) < 4.78 is 8.30. The van der Waals surface area contributed by atoms with Gasteiger partial charge < -0.3 is 0 Å². The molecule has 0 aromatic heterocycles.